The average molecular weight is 389 g/mol. The molecule has 2 aliphatic rings. The maximum absolute atomic E-state index is 11.1. The van der Waals surface area contributed by atoms with Crippen molar-refractivity contribution >= 4 is 22.9 Å². The molecule has 1 atom stereocenters. The smallest absolute Gasteiger partial charge is 0.169 e. The lowest BCUT2D eigenvalue weighted by Gasteiger charge is -2.31. The topological polar surface area (TPSA) is 58.4 Å². The van der Waals surface area contributed by atoms with E-state index in [1.165, 1.54) is 37.1 Å². The molecule has 1 unspecified atom stereocenters. The predicted octanol–water partition coefficient (Wildman–Crippen LogP) is 4.21. The highest BCUT2D eigenvalue weighted by molar-refractivity contribution is 5.87. The van der Waals surface area contributed by atoms with E-state index in [9.17, 15) is 4.79 Å². The Labute approximate surface area is 171 Å². The number of hydrogen-bond donors (Lipinski definition) is 1. The number of aromatic nitrogens is 1. The minimum Gasteiger partial charge on any atom is -0.375 e. The first-order valence-corrected chi connectivity index (χ1v) is 10.7. The van der Waals surface area contributed by atoms with E-state index in [2.05, 4.69) is 51.8 Å². The van der Waals surface area contributed by atoms with Crippen LogP contribution in [-0.2, 0) is 24.2 Å². The number of hydrogen-bond acceptors (Lipinski definition) is 5. The molecule has 29 heavy (non-hydrogen) atoms. The molecule has 0 bridgehead atoms. The van der Waals surface area contributed by atoms with Crippen molar-refractivity contribution in [2.24, 2.45) is 5.92 Å². The summed E-state index contributed by atoms with van der Waals surface area (Å²) in [6.45, 7) is 3.40. The van der Waals surface area contributed by atoms with Crippen LogP contribution >= 0.6 is 0 Å². The number of aldehydes is 1. The summed E-state index contributed by atoms with van der Waals surface area (Å²) in [4.78, 5) is 13.6. The molecule has 1 N–H and O–H groups in total. The molecule has 5 heteroatoms. The van der Waals surface area contributed by atoms with E-state index in [0.29, 0.717) is 0 Å². The molecule has 0 amide bonds. The summed E-state index contributed by atoms with van der Waals surface area (Å²) in [7, 11) is 0. The third-order valence-corrected chi connectivity index (χ3v) is 6.46. The average Bonchev–Trinajstić information content (AvgIpc) is 3.35. The van der Waals surface area contributed by atoms with Crippen LogP contribution < -0.4 is 5.32 Å². The lowest BCUT2D eigenvalue weighted by molar-refractivity contribution is -0.108. The number of nitrogens with zero attached hydrogens (tertiary/aromatic N) is 2. The summed E-state index contributed by atoms with van der Waals surface area (Å²) in [5.41, 5.74) is 5.47. The van der Waals surface area contributed by atoms with Crippen LogP contribution in [0.2, 0.25) is 0 Å². The first-order chi connectivity index (χ1) is 14.3. The van der Waals surface area contributed by atoms with Gasteiger partial charge in [-0.1, -0.05) is 35.5 Å². The zero-order valence-electron chi connectivity index (χ0n) is 16.6. The molecule has 1 fully saturated rings. The molecule has 0 radical (unpaired) electrons. The Balaban J connectivity index is 1.17. The predicted molar refractivity (Wildman–Crippen MR) is 114 cm³/mol. The van der Waals surface area contributed by atoms with Crippen molar-refractivity contribution in [3.63, 3.8) is 0 Å². The molecule has 150 valence electrons. The molecule has 5 rings (SSSR count). The van der Waals surface area contributed by atoms with Crippen LogP contribution in [0.4, 0.5) is 5.69 Å². The fourth-order valence-electron chi connectivity index (χ4n) is 4.75. The van der Waals surface area contributed by atoms with Crippen LogP contribution in [0.25, 0.3) is 11.0 Å². The van der Waals surface area contributed by atoms with Gasteiger partial charge in [-0.2, -0.15) is 0 Å². The van der Waals surface area contributed by atoms with Gasteiger partial charge < -0.3 is 14.6 Å². The normalized spacial score (nSPS) is 19.9. The second kappa shape index (κ2) is 7.99. The van der Waals surface area contributed by atoms with Crippen LogP contribution in [0.5, 0.6) is 0 Å². The van der Waals surface area contributed by atoms with Gasteiger partial charge in [-0.3, -0.25) is 4.90 Å². The van der Waals surface area contributed by atoms with Crippen LogP contribution in [0.1, 0.15) is 36.1 Å². The number of aryl methyl sites for hydroxylation is 1. The first kappa shape index (κ1) is 18.4. The van der Waals surface area contributed by atoms with E-state index in [0.717, 1.165) is 60.4 Å². The highest BCUT2D eigenvalue weighted by Gasteiger charge is 2.24. The molecule has 5 nitrogen and oxygen atoms in total. The maximum atomic E-state index is 11.1. The standard InChI is InChI=1S/C24H27N3O2/c28-16-20-12-19-13-21-22(26-29-24(21)14-23(19)25-20)7-6-17-8-10-27(11-9-17)15-18-4-2-1-3-5-18/h1-5,13-14,16-17,20,25H,6-12,15H2. The maximum Gasteiger partial charge on any atom is 0.169 e. The lowest BCUT2D eigenvalue weighted by atomic mass is 9.91. The van der Waals surface area contributed by atoms with Gasteiger partial charge in [-0.05, 0) is 61.9 Å². The third-order valence-electron chi connectivity index (χ3n) is 6.46. The van der Waals surface area contributed by atoms with E-state index in [4.69, 9.17) is 4.52 Å². The van der Waals surface area contributed by atoms with Gasteiger partial charge in [0, 0.05) is 30.1 Å². The summed E-state index contributed by atoms with van der Waals surface area (Å²) in [5, 5.41) is 8.69. The Kier molecular flexibility index (Phi) is 5.06. The Morgan fingerprint density at radius 1 is 1.17 bits per heavy atom. The van der Waals surface area contributed by atoms with Crippen LogP contribution in [0, 0.1) is 5.92 Å². The molecule has 1 saturated heterocycles. The van der Waals surface area contributed by atoms with Gasteiger partial charge in [0.15, 0.2) is 5.58 Å². The molecule has 2 aliphatic heterocycles. The highest BCUT2D eigenvalue weighted by atomic mass is 16.5. The van der Waals surface area contributed by atoms with Crippen molar-refractivity contribution in [2.45, 2.75) is 44.7 Å². The monoisotopic (exact) mass is 389 g/mol. The summed E-state index contributed by atoms with van der Waals surface area (Å²) in [6.07, 6.45) is 6.35. The van der Waals surface area contributed by atoms with Gasteiger partial charge in [0.2, 0.25) is 0 Å². The molecule has 3 heterocycles. The Morgan fingerprint density at radius 3 is 2.79 bits per heavy atom. The van der Waals surface area contributed by atoms with Gasteiger partial charge in [0.25, 0.3) is 0 Å². The van der Waals surface area contributed by atoms with E-state index in [-0.39, 0.29) is 6.04 Å². The first-order valence-electron chi connectivity index (χ1n) is 10.7. The van der Waals surface area contributed by atoms with Crippen LogP contribution in [-0.4, -0.2) is 35.5 Å². The van der Waals surface area contributed by atoms with E-state index in [1.54, 1.807) is 0 Å². The number of anilines is 1. The van der Waals surface area contributed by atoms with E-state index in [1.807, 2.05) is 6.07 Å². The van der Waals surface area contributed by atoms with Gasteiger partial charge in [0.05, 0.1) is 11.7 Å². The molecule has 1 aromatic heterocycles. The van der Waals surface area contributed by atoms with Crippen molar-refractivity contribution in [2.75, 3.05) is 18.4 Å². The van der Waals surface area contributed by atoms with E-state index < -0.39 is 0 Å². The summed E-state index contributed by atoms with van der Waals surface area (Å²) in [6, 6.07) is 14.8. The highest BCUT2D eigenvalue weighted by Crippen LogP contribution is 2.33. The number of piperidine rings is 1. The Bertz CT molecular complexity index is 990. The van der Waals surface area contributed by atoms with Crippen molar-refractivity contribution in [3.05, 3.63) is 59.3 Å². The molecule has 3 aromatic rings. The SMILES string of the molecule is O=CC1Cc2cc3c(CCC4CCN(Cc5ccccc5)CC4)noc3cc2N1. The molecule has 0 spiro atoms. The second-order valence-electron chi connectivity index (χ2n) is 8.47. The summed E-state index contributed by atoms with van der Waals surface area (Å²) in [5.74, 6) is 0.754. The summed E-state index contributed by atoms with van der Waals surface area (Å²) >= 11 is 0. The zero-order valence-corrected chi connectivity index (χ0v) is 16.6. The quantitative estimate of drug-likeness (QED) is 0.640. The van der Waals surface area contributed by atoms with Gasteiger partial charge in [-0.25, -0.2) is 0 Å². The van der Waals surface area contributed by atoms with Gasteiger partial charge in [0.1, 0.15) is 6.29 Å². The largest absolute Gasteiger partial charge is 0.375 e. The van der Waals surface area contributed by atoms with Crippen molar-refractivity contribution in [1.82, 2.24) is 10.1 Å². The fourth-order valence-corrected chi connectivity index (χ4v) is 4.75. The molecular formula is C24H27N3O2. The number of benzene rings is 2. The minimum absolute atomic E-state index is 0.117. The number of carbonyl (C=O) groups excluding carboxylic acids is 1. The van der Waals surface area contributed by atoms with Crippen molar-refractivity contribution < 1.29 is 9.32 Å². The summed E-state index contributed by atoms with van der Waals surface area (Å²) < 4.78 is 5.58. The molecule has 0 aliphatic carbocycles. The Morgan fingerprint density at radius 2 is 2.00 bits per heavy atom. The lowest BCUT2D eigenvalue weighted by Crippen LogP contribution is -2.33. The van der Waals surface area contributed by atoms with Gasteiger partial charge in [-0.15, -0.1) is 0 Å². The number of nitrogens with one attached hydrogen (secondary N) is 1. The molecule has 0 saturated carbocycles. The van der Waals surface area contributed by atoms with Crippen LogP contribution in [0.3, 0.4) is 0 Å². The van der Waals surface area contributed by atoms with Crippen LogP contribution in [0.15, 0.2) is 47.0 Å². The zero-order chi connectivity index (χ0) is 19.6. The van der Waals surface area contributed by atoms with Crippen molar-refractivity contribution in [3.8, 4) is 0 Å². The third kappa shape index (κ3) is 3.92. The minimum atomic E-state index is -0.117. The second-order valence-corrected chi connectivity index (χ2v) is 8.47. The van der Waals surface area contributed by atoms with Gasteiger partial charge >= 0.3 is 0 Å². The number of rotatable bonds is 6. The molecular weight excluding hydrogens is 362 g/mol. The number of fused-ring (bicyclic) bond motifs is 2. The Hall–Kier alpha value is -2.66. The van der Waals surface area contributed by atoms with Crippen molar-refractivity contribution in [1.29, 1.82) is 0 Å². The number of carbonyl (C=O) groups is 1. The van der Waals surface area contributed by atoms with E-state index >= 15 is 0 Å². The number of likely N-dealkylation sites (tertiary alicyclic amines) is 1. The molecule has 2 aromatic carbocycles. The fraction of sp³-hybridized carbons (Fsp3) is 0.417.